The molecule has 4 rings (SSSR count). The first kappa shape index (κ1) is 19.3. The van der Waals surface area contributed by atoms with E-state index in [1.165, 1.54) is 0 Å². The Balaban J connectivity index is 1.52. The smallest absolute Gasteiger partial charge is 0.252 e. The second-order valence-electron chi connectivity index (χ2n) is 7.66. The van der Waals surface area contributed by atoms with E-state index in [4.69, 9.17) is 14.9 Å². The van der Waals surface area contributed by atoms with Crippen LogP contribution in [0.15, 0.2) is 22.6 Å². The second-order valence-corrected chi connectivity index (χ2v) is 7.66. The molecule has 0 saturated carbocycles. The molecule has 2 aliphatic heterocycles. The van der Waals surface area contributed by atoms with Crippen LogP contribution in [0.2, 0.25) is 0 Å². The number of amides is 2. The zero-order chi connectivity index (χ0) is 20.5. The number of primary amides is 1. The Bertz CT molecular complexity index is 992. The molecule has 8 nitrogen and oxygen atoms in total. The number of furan rings is 1. The highest BCUT2D eigenvalue weighted by Gasteiger charge is 2.34. The van der Waals surface area contributed by atoms with Crippen molar-refractivity contribution >= 4 is 22.8 Å². The summed E-state index contributed by atoms with van der Waals surface area (Å²) in [5.41, 5.74) is 6.65. The van der Waals surface area contributed by atoms with Gasteiger partial charge in [0.2, 0.25) is 5.91 Å². The van der Waals surface area contributed by atoms with Crippen molar-refractivity contribution in [2.45, 2.75) is 31.2 Å². The maximum Gasteiger partial charge on any atom is 0.252 e. The van der Waals surface area contributed by atoms with Crippen molar-refractivity contribution in [3.63, 3.8) is 0 Å². The van der Waals surface area contributed by atoms with E-state index in [1.807, 2.05) is 0 Å². The van der Waals surface area contributed by atoms with Crippen molar-refractivity contribution in [2.24, 2.45) is 5.73 Å². The Labute approximate surface area is 168 Å². The fourth-order valence-corrected chi connectivity index (χ4v) is 4.44. The predicted molar refractivity (Wildman–Crippen MR) is 105 cm³/mol. The average molecular weight is 396 g/mol. The van der Waals surface area contributed by atoms with E-state index in [-0.39, 0.29) is 24.4 Å². The molecule has 2 N–H and O–H groups in total. The van der Waals surface area contributed by atoms with Crippen molar-refractivity contribution in [1.29, 1.82) is 5.26 Å². The zero-order valence-corrected chi connectivity index (χ0v) is 16.4. The van der Waals surface area contributed by atoms with Crippen LogP contribution in [0.25, 0.3) is 11.0 Å². The van der Waals surface area contributed by atoms with Gasteiger partial charge in [-0.25, -0.2) is 0 Å². The summed E-state index contributed by atoms with van der Waals surface area (Å²) >= 11 is 0. The standard InChI is InChI=1S/C21H24N4O4/c1-28-15-4-5-17-16(9-15)19(21(23)27)20(29-17)13-6-8-24(11-13)12-18(26)25-7-2-3-14(25)10-22/h4-5,9,13-14H,2-3,6-8,11-12H2,1H3,(H2,23,27). The number of methoxy groups -OCH3 is 1. The number of nitrogens with zero attached hydrogens (tertiary/aromatic N) is 3. The van der Waals surface area contributed by atoms with Crippen molar-refractivity contribution in [3.8, 4) is 11.8 Å². The number of likely N-dealkylation sites (tertiary alicyclic amines) is 2. The predicted octanol–water partition coefficient (Wildman–Crippen LogP) is 1.84. The van der Waals surface area contributed by atoms with Crippen LogP contribution < -0.4 is 10.5 Å². The number of fused-ring (bicyclic) bond motifs is 1. The highest BCUT2D eigenvalue weighted by Crippen LogP contribution is 2.37. The Morgan fingerprint density at radius 3 is 2.90 bits per heavy atom. The maximum absolute atomic E-state index is 12.6. The molecule has 2 aromatic rings. The second kappa shape index (κ2) is 7.76. The quantitative estimate of drug-likeness (QED) is 0.825. The van der Waals surface area contributed by atoms with E-state index in [1.54, 1.807) is 30.2 Å². The van der Waals surface area contributed by atoms with Gasteiger partial charge in [-0.3, -0.25) is 14.5 Å². The number of ether oxygens (including phenoxy) is 1. The Hall–Kier alpha value is -3.05. The molecule has 8 heteroatoms. The molecule has 2 fully saturated rings. The first-order chi connectivity index (χ1) is 14.0. The molecule has 1 aromatic heterocycles. The lowest BCUT2D eigenvalue weighted by Crippen LogP contribution is -2.41. The summed E-state index contributed by atoms with van der Waals surface area (Å²) in [7, 11) is 1.56. The van der Waals surface area contributed by atoms with Gasteiger partial charge in [0.25, 0.3) is 5.91 Å². The van der Waals surface area contributed by atoms with Crippen molar-refractivity contribution in [3.05, 3.63) is 29.5 Å². The Kier molecular flexibility index (Phi) is 5.16. The normalized spacial score (nSPS) is 22.1. The lowest BCUT2D eigenvalue weighted by molar-refractivity contribution is -0.132. The van der Waals surface area contributed by atoms with Gasteiger partial charge < -0.3 is 19.8 Å². The molecular weight excluding hydrogens is 372 g/mol. The number of nitriles is 1. The van der Waals surface area contributed by atoms with Crippen molar-refractivity contribution in [1.82, 2.24) is 9.80 Å². The van der Waals surface area contributed by atoms with Gasteiger partial charge in [0.15, 0.2) is 0 Å². The summed E-state index contributed by atoms with van der Waals surface area (Å²) < 4.78 is 11.3. The van der Waals surface area contributed by atoms with Crippen LogP contribution in [0.1, 0.15) is 41.3 Å². The van der Waals surface area contributed by atoms with E-state index in [0.717, 1.165) is 25.8 Å². The van der Waals surface area contributed by atoms with E-state index in [2.05, 4.69) is 11.0 Å². The minimum atomic E-state index is -0.532. The molecule has 0 spiro atoms. The van der Waals surface area contributed by atoms with E-state index in [9.17, 15) is 14.9 Å². The van der Waals surface area contributed by atoms with E-state index >= 15 is 0 Å². The Morgan fingerprint density at radius 1 is 1.34 bits per heavy atom. The molecule has 2 amide bonds. The van der Waals surface area contributed by atoms with Gasteiger partial charge in [-0.1, -0.05) is 0 Å². The minimum Gasteiger partial charge on any atom is -0.497 e. The monoisotopic (exact) mass is 396 g/mol. The Morgan fingerprint density at radius 2 is 2.17 bits per heavy atom. The molecule has 3 heterocycles. The van der Waals surface area contributed by atoms with Gasteiger partial charge in [-0.05, 0) is 44.0 Å². The molecule has 2 saturated heterocycles. The fourth-order valence-electron chi connectivity index (χ4n) is 4.44. The van der Waals surface area contributed by atoms with Crippen LogP contribution in [0, 0.1) is 11.3 Å². The van der Waals surface area contributed by atoms with Gasteiger partial charge in [0, 0.05) is 24.4 Å². The number of rotatable bonds is 5. The molecule has 0 radical (unpaired) electrons. The van der Waals surface area contributed by atoms with Gasteiger partial charge >= 0.3 is 0 Å². The van der Waals surface area contributed by atoms with Gasteiger partial charge in [0.1, 0.15) is 23.1 Å². The van der Waals surface area contributed by atoms with Crippen LogP contribution in [-0.2, 0) is 4.79 Å². The molecule has 2 aliphatic rings. The van der Waals surface area contributed by atoms with Crippen LogP contribution in [0.4, 0.5) is 0 Å². The number of carbonyl (C=O) groups is 2. The summed E-state index contributed by atoms with van der Waals surface area (Å²) in [6.07, 6.45) is 2.39. The molecule has 2 atom stereocenters. The van der Waals surface area contributed by atoms with Crippen molar-refractivity contribution < 1.29 is 18.7 Å². The van der Waals surface area contributed by atoms with Gasteiger partial charge in [-0.15, -0.1) is 0 Å². The third kappa shape index (κ3) is 3.54. The molecular formula is C21H24N4O4. The lowest BCUT2D eigenvalue weighted by Gasteiger charge is -2.23. The molecule has 0 bridgehead atoms. The molecule has 0 aliphatic carbocycles. The number of hydrogen-bond donors (Lipinski definition) is 1. The summed E-state index contributed by atoms with van der Waals surface area (Å²) in [6.45, 7) is 2.24. The van der Waals surface area contributed by atoms with Gasteiger partial charge in [0.05, 0.1) is 25.3 Å². The van der Waals surface area contributed by atoms with Crippen LogP contribution in [0.5, 0.6) is 5.75 Å². The largest absolute Gasteiger partial charge is 0.497 e. The minimum absolute atomic E-state index is 0.0147. The average Bonchev–Trinajstić information content (AvgIpc) is 3.44. The number of carbonyl (C=O) groups excluding carboxylic acids is 2. The zero-order valence-electron chi connectivity index (χ0n) is 16.4. The summed E-state index contributed by atoms with van der Waals surface area (Å²) in [6, 6.07) is 7.21. The summed E-state index contributed by atoms with van der Waals surface area (Å²) in [5.74, 6) is 0.638. The topological polar surface area (TPSA) is 113 Å². The molecule has 29 heavy (non-hydrogen) atoms. The van der Waals surface area contributed by atoms with Crippen molar-refractivity contribution in [2.75, 3.05) is 33.3 Å². The van der Waals surface area contributed by atoms with Crippen LogP contribution in [-0.4, -0.2) is 60.9 Å². The number of hydrogen-bond acceptors (Lipinski definition) is 6. The highest BCUT2D eigenvalue weighted by molar-refractivity contribution is 6.07. The molecule has 152 valence electrons. The SMILES string of the molecule is COc1ccc2oc(C3CCN(CC(=O)N4CCCC4C#N)C3)c(C(N)=O)c2c1. The first-order valence-electron chi connectivity index (χ1n) is 9.83. The number of benzene rings is 1. The molecule has 2 unspecified atom stereocenters. The maximum atomic E-state index is 12.6. The van der Waals surface area contributed by atoms with Crippen LogP contribution in [0.3, 0.4) is 0 Å². The molecule has 1 aromatic carbocycles. The van der Waals surface area contributed by atoms with E-state index in [0.29, 0.717) is 41.1 Å². The van der Waals surface area contributed by atoms with E-state index < -0.39 is 5.91 Å². The summed E-state index contributed by atoms with van der Waals surface area (Å²) in [5, 5.41) is 9.85. The van der Waals surface area contributed by atoms with Gasteiger partial charge in [-0.2, -0.15) is 5.26 Å². The fraction of sp³-hybridized carbons (Fsp3) is 0.476. The van der Waals surface area contributed by atoms with Crippen LogP contribution >= 0.6 is 0 Å². The highest BCUT2D eigenvalue weighted by atomic mass is 16.5. The summed E-state index contributed by atoms with van der Waals surface area (Å²) in [4.78, 5) is 28.5. The first-order valence-corrected chi connectivity index (χ1v) is 9.83. The lowest BCUT2D eigenvalue weighted by atomic mass is 9.99. The number of nitrogens with two attached hydrogens (primary N) is 1. The third-order valence-corrected chi connectivity index (χ3v) is 5.89. The third-order valence-electron chi connectivity index (χ3n) is 5.89.